The summed E-state index contributed by atoms with van der Waals surface area (Å²) in [7, 11) is 0. The zero-order chi connectivity index (χ0) is 18.4. The molecule has 6 nitrogen and oxygen atoms in total. The van der Waals surface area contributed by atoms with Crippen LogP contribution >= 0.6 is 24.0 Å². The second kappa shape index (κ2) is 10.3. The van der Waals surface area contributed by atoms with Gasteiger partial charge >= 0.3 is 0 Å². The first-order valence-electron chi connectivity index (χ1n) is 9.20. The molecule has 1 aromatic carbocycles. The first-order chi connectivity index (χ1) is 12.7. The Morgan fingerprint density at radius 1 is 1.26 bits per heavy atom. The number of H-pyrrole nitrogens is 1. The molecule has 2 aromatic heterocycles. The van der Waals surface area contributed by atoms with Gasteiger partial charge in [-0.2, -0.15) is 0 Å². The molecule has 0 unspecified atom stereocenters. The fourth-order valence-corrected chi connectivity index (χ4v) is 2.83. The summed E-state index contributed by atoms with van der Waals surface area (Å²) in [6.45, 7) is 8.35. The number of aliphatic imine (C=N–C) groups is 1. The number of guanidine groups is 1. The molecule has 0 saturated carbocycles. The molecule has 0 aliphatic rings. The first kappa shape index (κ1) is 21.3. The van der Waals surface area contributed by atoms with Crippen LogP contribution in [0.5, 0.6) is 0 Å². The van der Waals surface area contributed by atoms with Crippen LogP contribution < -0.4 is 10.6 Å². The average molecular weight is 481 g/mol. The summed E-state index contributed by atoms with van der Waals surface area (Å²) < 4.78 is 5.35. The van der Waals surface area contributed by atoms with Crippen LogP contribution in [0.2, 0.25) is 0 Å². The van der Waals surface area contributed by atoms with Crippen molar-refractivity contribution in [2.45, 2.75) is 39.7 Å². The number of hydrogen-bond donors (Lipinski definition) is 3. The van der Waals surface area contributed by atoms with Crippen LogP contribution in [0, 0.1) is 0 Å². The topological polar surface area (TPSA) is 78.2 Å². The van der Waals surface area contributed by atoms with E-state index in [1.54, 1.807) is 0 Å². The van der Waals surface area contributed by atoms with Crippen LogP contribution in [0.25, 0.3) is 10.9 Å². The van der Waals surface area contributed by atoms with Crippen LogP contribution in [0.1, 0.15) is 43.7 Å². The zero-order valence-corrected chi connectivity index (χ0v) is 18.4. The van der Waals surface area contributed by atoms with Crippen molar-refractivity contribution in [2.75, 3.05) is 13.1 Å². The highest BCUT2D eigenvalue weighted by Gasteiger charge is 2.08. The van der Waals surface area contributed by atoms with Gasteiger partial charge in [0.25, 0.3) is 0 Å². The Bertz CT molecular complexity index is 868. The summed E-state index contributed by atoms with van der Waals surface area (Å²) in [4.78, 5) is 7.91. The third-order valence-corrected chi connectivity index (χ3v) is 4.27. The zero-order valence-electron chi connectivity index (χ0n) is 16.1. The standard InChI is InChI=1S/C20H27N5O.HI/c1-4-21-20(24-13-16-11-19(14(2)3)25-26-16)22-10-9-15-12-23-18-8-6-5-7-17(15)18;/h5-8,11-12,14,23H,4,9-10,13H2,1-3H3,(H2,21,22,24);1H. The number of benzene rings is 1. The molecule has 2 heterocycles. The Hall–Kier alpha value is -2.03. The number of halogens is 1. The fourth-order valence-electron chi connectivity index (χ4n) is 2.83. The SMILES string of the molecule is CCNC(=NCc1cc(C(C)C)no1)NCCc1c[nH]c2ccccc12.I. The van der Waals surface area contributed by atoms with Crippen molar-refractivity contribution in [1.29, 1.82) is 0 Å². The van der Waals surface area contributed by atoms with Crippen molar-refractivity contribution in [3.05, 3.63) is 53.5 Å². The first-order valence-corrected chi connectivity index (χ1v) is 9.20. The number of rotatable bonds is 7. The van der Waals surface area contributed by atoms with E-state index in [9.17, 15) is 0 Å². The minimum Gasteiger partial charge on any atom is -0.361 e. The third-order valence-electron chi connectivity index (χ3n) is 4.27. The summed E-state index contributed by atoms with van der Waals surface area (Å²) in [6.07, 6.45) is 3.01. The van der Waals surface area contributed by atoms with Gasteiger partial charge in [0.05, 0.1) is 5.69 Å². The lowest BCUT2D eigenvalue weighted by molar-refractivity contribution is 0.376. The minimum atomic E-state index is 0. The van der Waals surface area contributed by atoms with E-state index < -0.39 is 0 Å². The van der Waals surface area contributed by atoms with Crippen LogP contribution in [-0.4, -0.2) is 29.2 Å². The molecule has 0 radical (unpaired) electrons. The Balaban J connectivity index is 0.00000261. The van der Waals surface area contributed by atoms with Crippen LogP contribution in [0.4, 0.5) is 0 Å². The molecule has 7 heteroatoms. The van der Waals surface area contributed by atoms with E-state index in [0.717, 1.165) is 36.9 Å². The van der Waals surface area contributed by atoms with Crippen LogP contribution in [0.3, 0.4) is 0 Å². The Morgan fingerprint density at radius 3 is 2.81 bits per heavy atom. The molecule has 0 atom stereocenters. The molecule has 0 fully saturated rings. The molecular weight excluding hydrogens is 453 g/mol. The molecule has 0 bridgehead atoms. The van der Waals surface area contributed by atoms with Gasteiger partial charge in [-0.15, -0.1) is 24.0 Å². The van der Waals surface area contributed by atoms with Crippen molar-refractivity contribution < 1.29 is 4.52 Å². The van der Waals surface area contributed by atoms with Crippen LogP contribution in [-0.2, 0) is 13.0 Å². The largest absolute Gasteiger partial charge is 0.361 e. The van der Waals surface area contributed by atoms with Gasteiger partial charge in [0.1, 0.15) is 6.54 Å². The second-order valence-corrected chi connectivity index (χ2v) is 6.60. The Morgan fingerprint density at radius 2 is 2.07 bits per heavy atom. The number of aromatic amines is 1. The molecule has 0 amide bonds. The van der Waals surface area contributed by atoms with E-state index in [0.29, 0.717) is 12.5 Å². The maximum absolute atomic E-state index is 5.35. The quantitative estimate of drug-likeness (QED) is 0.269. The van der Waals surface area contributed by atoms with Gasteiger partial charge in [0, 0.05) is 36.3 Å². The van der Waals surface area contributed by atoms with E-state index in [4.69, 9.17) is 4.52 Å². The highest BCUT2D eigenvalue weighted by molar-refractivity contribution is 14.0. The smallest absolute Gasteiger partial charge is 0.191 e. The molecule has 0 saturated heterocycles. The highest BCUT2D eigenvalue weighted by atomic mass is 127. The summed E-state index contributed by atoms with van der Waals surface area (Å²) in [5, 5.41) is 12.0. The summed E-state index contributed by atoms with van der Waals surface area (Å²) >= 11 is 0. The lowest BCUT2D eigenvalue weighted by Crippen LogP contribution is -2.38. The molecule has 27 heavy (non-hydrogen) atoms. The fraction of sp³-hybridized carbons (Fsp3) is 0.400. The van der Waals surface area contributed by atoms with Gasteiger partial charge in [0.2, 0.25) is 0 Å². The average Bonchev–Trinajstić information content (AvgIpc) is 3.27. The predicted molar refractivity (Wildman–Crippen MR) is 121 cm³/mol. The molecular formula is C20H28IN5O. The van der Waals surface area contributed by atoms with E-state index in [2.05, 4.69) is 70.9 Å². The summed E-state index contributed by atoms with van der Waals surface area (Å²) in [5.41, 5.74) is 3.45. The van der Waals surface area contributed by atoms with Crippen molar-refractivity contribution in [3.8, 4) is 0 Å². The van der Waals surface area contributed by atoms with Gasteiger partial charge in [-0.1, -0.05) is 37.2 Å². The second-order valence-electron chi connectivity index (χ2n) is 6.60. The number of para-hydroxylation sites is 1. The normalized spacial score (nSPS) is 11.6. The van der Waals surface area contributed by atoms with Gasteiger partial charge < -0.3 is 20.1 Å². The predicted octanol–water partition coefficient (Wildman–Crippen LogP) is 4.20. The number of aromatic nitrogens is 2. The minimum absolute atomic E-state index is 0. The number of hydrogen-bond acceptors (Lipinski definition) is 3. The van der Waals surface area contributed by atoms with E-state index in [-0.39, 0.29) is 24.0 Å². The molecule has 146 valence electrons. The van der Waals surface area contributed by atoms with E-state index >= 15 is 0 Å². The molecule has 3 rings (SSSR count). The van der Waals surface area contributed by atoms with Gasteiger partial charge in [0.15, 0.2) is 11.7 Å². The van der Waals surface area contributed by atoms with Crippen molar-refractivity contribution in [2.24, 2.45) is 4.99 Å². The lowest BCUT2D eigenvalue weighted by atomic mass is 10.1. The lowest BCUT2D eigenvalue weighted by Gasteiger charge is -2.10. The molecule has 0 spiro atoms. The number of nitrogens with zero attached hydrogens (tertiary/aromatic N) is 2. The van der Waals surface area contributed by atoms with Crippen molar-refractivity contribution in [3.63, 3.8) is 0 Å². The Labute approximate surface area is 177 Å². The van der Waals surface area contributed by atoms with E-state index in [1.807, 2.05) is 12.1 Å². The maximum Gasteiger partial charge on any atom is 0.191 e. The monoisotopic (exact) mass is 481 g/mol. The number of fused-ring (bicyclic) bond motifs is 1. The van der Waals surface area contributed by atoms with Crippen LogP contribution in [0.15, 0.2) is 46.0 Å². The van der Waals surface area contributed by atoms with Gasteiger partial charge in [-0.05, 0) is 30.9 Å². The molecule has 3 aromatic rings. The van der Waals surface area contributed by atoms with Gasteiger partial charge in [-0.3, -0.25) is 0 Å². The summed E-state index contributed by atoms with van der Waals surface area (Å²) in [5.74, 6) is 1.93. The highest BCUT2D eigenvalue weighted by Crippen LogP contribution is 2.17. The Kier molecular flexibility index (Phi) is 8.15. The molecule has 0 aliphatic carbocycles. The molecule has 3 N–H and O–H groups in total. The van der Waals surface area contributed by atoms with Gasteiger partial charge in [-0.25, -0.2) is 4.99 Å². The molecule has 0 aliphatic heterocycles. The van der Waals surface area contributed by atoms with Crippen molar-refractivity contribution >= 4 is 40.8 Å². The summed E-state index contributed by atoms with van der Waals surface area (Å²) in [6, 6.07) is 10.3. The third kappa shape index (κ3) is 5.72. The number of nitrogens with one attached hydrogen (secondary N) is 3. The van der Waals surface area contributed by atoms with E-state index in [1.165, 1.54) is 16.5 Å². The van der Waals surface area contributed by atoms with Crippen molar-refractivity contribution in [1.82, 2.24) is 20.8 Å². The maximum atomic E-state index is 5.35.